The van der Waals surface area contributed by atoms with E-state index in [0.717, 1.165) is 25.8 Å². The lowest BCUT2D eigenvalue weighted by Crippen LogP contribution is -2.43. The zero-order chi connectivity index (χ0) is 14.4. The van der Waals surface area contributed by atoms with E-state index < -0.39 is 0 Å². The number of carbonyl (C=O) groups excluding carboxylic acids is 2. The molecule has 0 bridgehead atoms. The maximum Gasteiger partial charge on any atom is 0.248 e. The molecule has 1 aromatic heterocycles. The Hall–Kier alpha value is -0.890. The molecule has 1 unspecified atom stereocenters. The Balaban J connectivity index is 0.00000220. The van der Waals surface area contributed by atoms with Crippen LogP contribution in [-0.2, 0) is 9.59 Å². The van der Waals surface area contributed by atoms with Crippen molar-refractivity contribution in [1.29, 1.82) is 0 Å². The first-order chi connectivity index (χ1) is 9.72. The molecular weight excluding hydrogens is 347 g/mol. The minimum atomic E-state index is -0.346. The number of hydrogen-bond acceptors (Lipinski definition) is 5. The number of thiazole rings is 1. The van der Waals surface area contributed by atoms with Crippen molar-refractivity contribution in [3.8, 4) is 0 Å². The second-order valence-corrected chi connectivity index (χ2v) is 5.67. The third-order valence-corrected chi connectivity index (χ3v) is 4.04. The molecule has 1 saturated heterocycles. The smallest absolute Gasteiger partial charge is 0.248 e. The number of carbonyl (C=O) groups is 2. The monoisotopic (exact) mass is 368 g/mol. The molecule has 0 spiro atoms. The van der Waals surface area contributed by atoms with E-state index in [0.29, 0.717) is 18.1 Å². The van der Waals surface area contributed by atoms with Crippen LogP contribution in [-0.4, -0.2) is 47.9 Å². The SMILES string of the molecule is CNCCCC(=O)N1CCCC1C(=O)Nc1nccs1.Cl.Cl. The third kappa shape index (κ3) is 5.72. The van der Waals surface area contributed by atoms with Crippen LogP contribution in [0.3, 0.4) is 0 Å². The summed E-state index contributed by atoms with van der Waals surface area (Å²) in [5.41, 5.74) is 0. The van der Waals surface area contributed by atoms with Gasteiger partial charge in [0.2, 0.25) is 11.8 Å². The van der Waals surface area contributed by atoms with Crippen LogP contribution in [0.4, 0.5) is 5.13 Å². The van der Waals surface area contributed by atoms with Gasteiger partial charge in [0.1, 0.15) is 6.04 Å². The van der Waals surface area contributed by atoms with Crippen LogP contribution in [0.15, 0.2) is 11.6 Å². The normalized spacial score (nSPS) is 16.6. The van der Waals surface area contributed by atoms with E-state index >= 15 is 0 Å². The maximum atomic E-state index is 12.2. The molecule has 1 aromatic rings. The van der Waals surface area contributed by atoms with Crippen molar-refractivity contribution in [3.63, 3.8) is 0 Å². The van der Waals surface area contributed by atoms with E-state index in [9.17, 15) is 9.59 Å². The van der Waals surface area contributed by atoms with Crippen LogP contribution in [0, 0.1) is 0 Å². The van der Waals surface area contributed by atoms with Gasteiger partial charge in [0.15, 0.2) is 5.13 Å². The summed E-state index contributed by atoms with van der Waals surface area (Å²) >= 11 is 1.38. The highest BCUT2D eigenvalue weighted by Gasteiger charge is 2.33. The molecule has 6 nitrogen and oxygen atoms in total. The Morgan fingerprint density at radius 1 is 1.45 bits per heavy atom. The molecule has 2 N–H and O–H groups in total. The average Bonchev–Trinajstić information content (AvgIpc) is 3.09. The summed E-state index contributed by atoms with van der Waals surface area (Å²) in [4.78, 5) is 30.1. The summed E-state index contributed by atoms with van der Waals surface area (Å²) in [6.45, 7) is 1.49. The molecule has 1 aliphatic rings. The number of nitrogens with one attached hydrogen (secondary N) is 2. The number of rotatable bonds is 6. The Morgan fingerprint density at radius 2 is 2.23 bits per heavy atom. The number of anilines is 1. The molecule has 0 aromatic carbocycles. The number of aromatic nitrogens is 1. The van der Waals surface area contributed by atoms with Crippen molar-refractivity contribution in [3.05, 3.63) is 11.6 Å². The minimum Gasteiger partial charge on any atom is -0.331 e. The molecule has 1 aliphatic heterocycles. The number of amides is 2. The largest absolute Gasteiger partial charge is 0.331 e. The van der Waals surface area contributed by atoms with Crippen molar-refractivity contribution in [2.45, 2.75) is 31.7 Å². The zero-order valence-electron chi connectivity index (χ0n) is 12.4. The molecule has 2 amide bonds. The Morgan fingerprint density at radius 3 is 2.86 bits per heavy atom. The van der Waals surface area contributed by atoms with Crippen molar-refractivity contribution in [2.75, 3.05) is 25.5 Å². The van der Waals surface area contributed by atoms with Crippen LogP contribution >= 0.6 is 36.2 Å². The molecule has 1 fully saturated rings. The molecule has 22 heavy (non-hydrogen) atoms. The van der Waals surface area contributed by atoms with Gasteiger partial charge < -0.3 is 15.5 Å². The minimum absolute atomic E-state index is 0. The van der Waals surface area contributed by atoms with Gasteiger partial charge in [-0.05, 0) is 32.9 Å². The summed E-state index contributed by atoms with van der Waals surface area (Å²) in [5, 5.41) is 8.20. The number of hydrogen-bond donors (Lipinski definition) is 2. The standard InChI is InChI=1S/C13H20N4O2S.2ClH/c1-14-6-2-5-11(18)17-8-3-4-10(17)12(19)16-13-15-7-9-20-13;;/h7,9-10,14H,2-6,8H2,1H3,(H,15,16,19);2*1H. The van der Waals surface area contributed by atoms with Crippen molar-refractivity contribution in [1.82, 2.24) is 15.2 Å². The lowest BCUT2D eigenvalue weighted by atomic mass is 10.2. The van der Waals surface area contributed by atoms with E-state index in [4.69, 9.17) is 0 Å². The summed E-state index contributed by atoms with van der Waals surface area (Å²) in [6.07, 6.45) is 4.55. The van der Waals surface area contributed by atoms with Crippen LogP contribution in [0.5, 0.6) is 0 Å². The lowest BCUT2D eigenvalue weighted by molar-refractivity contribution is -0.136. The van der Waals surface area contributed by atoms with Crippen molar-refractivity contribution >= 4 is 53.1 Å². The van der Waals surface area contributed by atoms with E-state index in [1.165, 1.54) is 11.3 Å². The maximum absolute atomic E-state index is 12.2. The van der Waals surface area contributed by atoms with Crippen molar-refractivity contribution < 1.29 is 9.59 Å². The number of halogens is 2. The van der Waals surface area contributed by atoms with Gasteiger partial charge in [-0.15, -0.1) is 36.2 Å². The number of likely N-dealkylation sites (tertiary alicyclic amines) is 1. The Kier molecular flexibility index (Phi) is 10.3. The van der Waals surface area contributed by atoms with Crippen LogP contribution in [0.25, 0.3) is 0 Å². The molecule has 2 rings (SSSR count). The predicted octanol–water partition coefficient (Wildman–Crippen LogP) is 1.92. The quantitative estimate of drug-likeness (QED) is 0.752. The second-order valence-electron chi connectivity index (χ2n) is 4.78. The zero-order valence-corrected chi connectivity index (χ0v) is 14.9. The van der Waals surface area contributed by atoms with Gasteiger partial charge in [-0.25, -0.2) is 4.98 Å². The first kappa shape index (κ1) is 21.1. The molecule has 0 aliphatic carbocycles. The molecular formula is C13H22Cl2N4O2S. The topological polar surface area (TPSA) is 74.3 Å². The molecule has 126 valence electrons. The van der Waals surface area contributed by atoms with Crippen LogP contribution in [0.1, 0.15) is 25.7 Å². The fraction of sp³-hybridized carbons (Fsp3) is 0.615. The Labute approximate surface area is 146 Å². The molecule has 1 atom stereocenters. The van der Waals surface area contributed by atoms with Gasteiger partial charge >= 0.3 is 0 Å². The summed E-state index contributed by atoms with van der Waals surface area (Å²) in [6, 6.07) is -0.346. The van der Waals surface area contributed by atoms with Gasteiger partial charge in [-0.2, -0.15) is 0 Å². The molecule has 0 saturated carbocycles. The van der Waals surface area contributed by atoms with Gasteiger partial charge in [0.05, 0.1) is 0 Å². The predicted molar refractivity (Wildman–Crippen MR) is 93.1 cm³/mol. The van der Waals surface area contributed by atoms with Gasteiger partial charge in [-0.3, -0.25) is 9.59 Å². The highest BCUT2D eigenvalue weighted by atomic mass is 35.5. The molecule has 9 heteroatoms. The van der Waals surface area contributed by atoms with Gasteiger partial charge in [-0.1, -0.05) is 0 Å². The van der Waals surface area contributed by atoms with E-state index in [2.05, 4.69) is 15.6 Å². The highest BCUT2D eigenvalue weighted by Crippen LogP contribution is 2.21. The second kappa shape index (κ2) is 10.8. The van der Waals surface area contributed by atoms with Crippen molar-refractivity contribution in [2.24, 2.45) is 0 Å². The van der Waals surface area contributed by atoms with Crippen LogP contribution in [0.2, 0.25) is 0 Å². The van der Waals surface area contributed by atoms with E-state index in [1.807, 2.05) is 12.4 Å². The summed E-state index contributed by atoms with van der Waals surface area (Å²) < 4.78 is 0. The van der Waals surface area contributed by atoms with Gasteiger partial charge in [0, 0.05) is 24.5 Å². The summed E-state index contributed by atoms with van der Waals surface area (Å²) in [5.74, 6) is -0.0588. The highest BCUT2D eigenvalue weighted by molar-refractivity contribution is 7.13. The number of nitrogens with zero attached hydrogens (tertiary/aromatic N) is 2. The average molecular weight is 369 g/mol. The first-order valence-electron chi connectivity index (χ1n) is 6.87. The lowest BCUT2D eigenvalue weighted by Gasteiger charge is -2.23. The molecule has 2 heterocycles. The molecule has 0 radical (unpaired) electrons. The third-order valence-electron chi connectivity index (χ3n) is 3.36. The van der Waals surface area contributed by atoms with E-state index in [-0.39, 0.29) is 42.7 Å². The summed E-state index contributed by atoms with van der Waals surface area (Å²) in [7, 11) is 1.87. The fourth-order valence-electron chi connectivity index (χ4n) is 2.37. The van der Waals surface area contributed by atoms with Crippen LogP contribution < -0.4 is 10.6 Å². The fourth-order valence-corrected chi connectivity index (χ4v) is 2.90. The Bertz CT molecular complexity index is 459. The first-order valence-corrected chi connectivity index (χ1v) is 7.74. The van der Waals surface area contributed by atoms with E-state index in [1.54, 1.807) is 11.1 Å². The van der Waals surface area contributed by atoms with Gasteiger partial charge in [0.25, 0.3) is 0 Å².